The number of carbonyl (C=O) groups is 3. The Bertz CT molecular complexity index is 2760. The Kier molecular flexibility index (Phi) is 9.62. The van der Waals surface area contributed by atoms with Crippen LogP contribution < -0.4 is 26.0 Å². The molecule has 0 saturated carbocycles. The highest BCUT2D eigenvalue weighted by Crippen LogP contribution is 2.38. The Labute approximate surface area is 332 Å². The van der Waals surface area contributed by atoms with Gasteiger partial charge in [0.2, 0.25) is 11.8 Å². The van der Waals surface area contributed by atoms with Crippen molar-refractivity contribution in [1.82, 2.24) is 35.1 Å². The average molecular weight is 778 g/mol. The lowest BCUT2D eigenvalue weighted by molar-refractivity contribution is -0.134. The molecule has 15 nitrogen and oxygen atoms in total. The van der Waals surface area contributed by atoms with E-state index in [0.717, 1.165) is 57.7 Å². The normalized spacial score (nSPS) is 16.8. The van der Waals surface area contributed by atoms with Crippen LogP contribution in [-0.4, -0.2) is 81.6 Å². The van der Waals surface area contributed by atoms with Crippen LogP contribution in [0.2, 0.25) is 0 Å². The van der Waals surface area contributed by atoms with E-state index in [-0.39, 0.29) is 41.9 Å². The van der Waals surface area contributed by atoms with Crippen LogP contribution in [0.15, 0.2) is 70.1 Å². The minimum atomic E-state index is -0.445. The quantitative estimate of drug-likeness (QED) is 0.183. The largest absolute Gasteiger partial charge is 0.448 e. The molecule has 15 heteroatoms. The zero-order valence-electron chi connectivity index (χ0n) is 32.0. The number of aryl methyl sites for hydroxylation is 3. The monoisotopic (exact) mass is 777 g/mol. The number of benzene rings is 1. The molecule has 3 amide bonds. The molecule has 3 aliphatic heterocycles. The van der Waals surface area contributed by atoms with Gasteiger partial charge in [-0.1, -0.05) is 18.1 Å². The van der Waals surface area contributed by atoms with Gasteiger partial charge in [-0.05, 0) is 61.9 Å². The van der Waals surface area contributed by atoms with E-state index in [0.29, 0.717) is 67.6 Å². The van der Waals surface area contributed by atoms with E-state index in [4.69, 9.17) is 24.1 Å². The van der Waals surface area contributed by atoms with E-state index in [1.54, 1.807) is 42.1 Å². The van der Waals surface area contributed by atoms with Gasteiger partial charge in [-0.2, -0.15) is 0 Å². The van der Waals surface area contributed by atoms with Gasteiger partial charge in [0.25, 0.3) is 11.5 Å². The minimum Gasteiger partial charge on any atom is -0.448 e. The van der Waals surface area contributed by atoms with Gasteiger partial charge < -0.3 is 28.8 Å². The van der Waals surface area contributed by atoms with Gasteiger partial charge in [0.05, 0.1) is 48.8 Å². The second-order valence-electron chi connectivity index (χ2n) is 14.6. The maximum Gasteiger partial charge on any atom is 0.270 e. The fraction of sp³-hybridized carbons (Fsp3) is 0.302. The van der Waals surface area contributed by atoms with Gasteiger partial charge in [0.15, 0.2) is 11.6 Å². The zero-order chi connectivity index (χ0) is 39.9. The highest BCUT2D eigenvalue weighted by atomic mass is 16.5. The molecular weight excluding hydrogens is 739 g/mol. The molecule has 9 rings (SSSR count). The van der Waals surface area contributed by atoms with Gasteiger partial charge >= 0.3 is 0 Å². The Morgan fingerprint density at radius 3 is 2.66 bits per heavy atom. The number of morpholine rings is 1. The van der Waals surface area contributed by atoms with Crippen molar-refractivity contribution >= 4 is 56.9 Å². The van der Waals surface area contributed by atoms with Crippen LogP contribution in [0.3, 0.4) is 0 Å². The lowest BCUT2D eigenvalue weighted by Gasteiger charge is -2.33. The van der Waals surface area contributed by atoms with Crippen molar-refractivity contribution in [3.63, 3.8) is 0 Å². The number of anilines is 3. The number of nitrogens with zero attached hydrogens (tertiary/aromatic N) is 7. The van der Waals surface area contributed by atoms with Crippen molar-refractivity contribution in [2.75, 3.05) is 49.2 Å². The standard InChI is InChI=1S/C43H39N9O6/c1-25-20-31-34(50(2)43(25)56)22-37(51-16-18-57-19-17-51)48-40(31)52-15-5-8-32-35(52)24-46-39(47-32)26-10-12-33(45-23-26)42(55)44-14-4-6-27-21-30-28(7-3-9-36(30)58-27)29-11-13-38(53)49-41(29)54/h3,7,9-10,12,20-24,29H,5,8,11,13-19H2,1-2H3,(H,44,55)(H,49,53,54)/t29-/m1/s1. The highest BCUT2D eigenvalue weighted by molar-refractivity contribution is 6.03. The number of ether oxygens (including phenoxy) is 1. The zero-order valence-corrected chi connectivity index (χ0v) is 32.0. The van der Waals surface area contributed by atoms with E-state index < -0.39 is 5.92 Å². The molecule has 0 aliphatic carbocycles. The third-order valence-corrected chi connectivity index (χ3v) is 10.9. The molecule has 0 bridgehead atoms. The Morgan fingerprint density at radius 1 is 0.983 bits per heavy atom. The number of carbonyl (C=O) groups excluding carboxylic acids is 3. The summed E-state index contributed by atoms with van der Waals surface area (Å²) in [4.78, 5) is 73.7. The minimum absolute atomic E-state index is 0.0426. The number of nitrogens with one attached hydrogen (secondary N) is 2. The first-order valence-corrected chi connectivity index (χ1v) is 19.3. The highest BCUT2D eigenvalue weighted by Gasteiger charge is 2.30. The molecule has 3 aliphatic rings. The Morgan fingerprint density at radius 2 is 1.84 bits per heavy atom. The second kappa shape index (κ2) is 15.2. The summed E-state index contributed by atoms with van der Waals surface area (Å²) in [5.41, 5.74) is 5.40. The summed E-state index contributed by atoms with van der Waals surface area (Å²) in [5.74, 6) is 6.89. The molecule has 0 unspecified atom stereocenters. The van der Waals surface area contributed by atoms with E-state index >= 15 is 0 Å². The summed E-state index contributed by atoms with van der Waals surface area (Å²) in [6.07, 6.45) is 5.72. The van der Waals surface area contributed by atoms with Crippen LogP contribution in [-0.2, 0) is 27.8 Å². The maximum atomic E-state index is 13.0. The van der Waals surface area contributed by atoms with Crippen molar-refractivity contribution in [3.05, 3.63) is 99.6 Å². The summed E-state index contributed by atoms with van der Waals surface area (Å²) >= 11 is 0. The van der Waals surface area contributed by atoms with Crippen molar-refractivity contribution in [2.45, 2.75) is 38.5 Å². The first-order valence-electron chi connectivity index (χ1n) is 19.3. The molecule has 292 valence electrons. The molecule has 1 aromatic carbocycles. The first-order chi connectivity index (χ1) is 28.2. The fourth-order valence-corrected chi connectivity index (χ4v) is 7.89. The van der Waals surface area contributed by atoms with Gasteiger partial charge in [-0.25, -0.2) is 15.0 Å². The van der Waals surface area contributed by atoms with Crippen LogP contribution in [0.5, 0.6) is 0 Å². The molecule has 2 fully saturated rings. The van der Waals surface area contributed by atoms with E-state index in [1.165, 1.54) is 0 Å². The van der Waals surface area contributed by atoms with Crippen molar-refractivity contribution in [1.29, 1.82) is 0 Å². The average Bonchev–Trinajstić information content (AvgIpc) is 3.68. The summed E-state index contributed by atoms with van der Waals surface area (Å²) in [6.45, 7) is 5.25. The molecule has 6 aromatic rings. The molecule has 0 radical (unpaired) electrons. The van der Waals surface area contributed by atoms with E-state index in [9.17, 15) is 19.2 Å². The molecule has 2 N–H and O–H groups in total. The number of rotatable bonds is 6. The van der Waals surface area contributed by atoms with Gasteiger partial charge in [-0.3, -0.25) is 29.5 Å². The van der Waals surface area contributed by atoms with Crippen molar-refractivity contribution in [3.8, 4) is 23.2 Å². The predicted molar refractivity (Wildman–Crippen MR) is 216 cm³/mol. The second-order valence-corrected chi connectivity index (χ2v) is 14.6. The third kappa shape index (κ3) is 6.92. The van der Waals surface area contributed by atoms with Crippen LogP contribution in [0.25, 0.3) is 33.3 Å². The van der Waals surface area contributed by atoms with Crippen LogP contribution in [0, 0.1) is 18.8 Å². The smallest absolute Gasteiger partial charge is 0.270 e. The Hall–Kier alpha value is -6.92. The number of imide groups is 1. The van der Waals surface area contributed by atoms with Crippen molar-refractivity contribution in [2.24, 2.45) is 7.05 Å². The van der Waals surface area contributed by atoms with E-state index in [1.807, 2.05) is 37.4 Å². The number of amides is 3. The number of fused-ring (bicyclic) bond motifs is 3. The van der Waals surface area contributed by atoms with E-state index in [2.05, 4.69) is 37.3 Å². The number of aromatic nitrogens is 5. The molecule has 8 heterocycles. The molecule has 0 spiro atoms. The van der Waals surface area contributed by atoms with Crippen LogP contribution in [0.1, 0.15) is 58.2 Å². The third-order valence-electron chi connectivity index (χ3n) is 10.9. The van der Waals surface area contributed by atoms with Gasteiger partial charge in [0.1, 0.15) is 22.9 Å². The topological polar surface area (TPSA) is 178 Å². The van der Waals surface area contributed by atoms with Gasteiger partial charge in [0, 0.05) is 73.3 Å². The predicted octanol–water partition coefficient (Wildman–Crippen LogP) is 4.06. The van der Waals surface area contributed by atoms with Crippen molar-refractivity contribution < 1.29 is 23.5 Å². The summed E-state index contributed by atoms with van der Waals surface area (Å²) in [6, 6.07) is 14.6. The molecule has 5 aromatic heterocycles. The summed E-state index contributed by atoms with van der Waals surface area (Å²) in [5, 5.41) is 6.83. The fourth-order valence-electron chi connectivity index (χ4n) is 7.89. The summed E-state index contributed by atoms with van der Waals surface area (Å²) in [7, 11) is 1.80. The van der Waals surface area contributed by atoms with Crippen LogP contribution >= 0.6 is 0 Å². The maximum absolute atomic E-state index is 13.0. The summed E-state index contributed by atoms with van der Waals surface area (Å²) < 4.78 is 13.2. The number of piperidine rings is 1. The first kappa shape index (κ1) is 36.7. The van der Waals surface area contributed by atoms with Crippen LogP contribution in [0.4, 0.5) is 17.3 Å². The molecule has 1 atom stereocenters. The van der Waals surface area contributed by atoms with Gasteiger partial charge in [-0.15, -0.1) is 0 Å². The number of hydrogen-bond acceptors (Lipinski definition) is 12. The lowest BCUT2D eigenvalue weighted by atomic mass is 9.88. The lowest BCUT2D eigenvalue weighted by Crippen LogP contribution is -2.39. The number of pyridine rings is 3. The molecule has 58 heavy (non-hydrogen) atoms. The Balaban J connectivity index is 0.901. The number of hydrogen-bond donors (Lipinski definition) is 2. The SMILES string of the molecule is Cc1cc2c(N3CCCc4nc(-c5ccc(C(=O)NCC#Cc6cc7c([C@H]8CCC(=O)NC8=O)cccc7o6)nc5)ncc43)nc(N3CCOCC3)cc2n(C)c1=O. The molecule has 2 saturated heterocycles. The number of furan rings is 1. The molecular formula is C43H39N9O6.